The van der Waals surface area contributed by atoms with Gasteiger partial charge in [0.2, 0.25) is 5.91 Å². The molecule has 0 heterocycles. The van der Waals surface area contributed by atoms with Crippen LogP contribution in [0.15, 0.2) is 36.4 Å². The highest BCUT2D eigenvalue weighted by molar-refractivity contribution is 5.94. The molecule has 0 bridgehead atoms. The first kappa shape index (κ1) is 39.6. The monoisotopic (exact) mass is 743 g/mol. The third kappa shape index (κ3) is 6.20. The van der Waals surface area contributed by atoms with Crippen molar-refractivity contribution in [3.05, 3.63) is 47.5 Å². The van der Waals surface area contributed by atoms with Gasteiger partial charge in [-0.1, -0.05) is 58.9 Å². The summed E-state index contributed by atoms with van der Waals surface area (Å²) in [7, 11) is 1.43. The van der Waals surface area contributed by atoms with E-state index in [4.69, 9.17) is 4.74 Å². The van der Waals surface area contributed by atoms with Crippen LogP contribution in [0.3, 0.4) is 0 Å². The lowest BCUT2D eigenvalue weighted by atomic mass is 9.32. The summed E-state index contributed by atoms with van der Waals surface area (Å²) >= 11 is 0. The van der Waals surface area contributed by atoms with E-state index in [0.717, 1.165) is 69.8 Å². The van der Waals surface area contributed by atoms with Gasteiger partial charge in [0, 0.05) is 18.2 Å². The number of nitrogens with one attached hydrogen (secondary N) is 2. The Hall–Kier alpha value is -2.67. The van der Waals surface area contributed by atoms with Crippen molar-refractivity contribution >= 4 is 17.8 Å². The van der Waals surface area contributed by atoms with Gasteiger partial charge in [0.1, 0.15) is 0 Å². The summed E-state index contributed by atoms with van der Waals surface area (Å²) in [6.07, 6.45) is 14.4. The SMILES string of the molecule is C=C(C)[C@@H]1CC[C@]2(C(=O)NCCc3cccc(C(=O)NC4CCC(C(=O)OC)CC4)c3)CC[C@]3(C)C(CCC4[C@@]5(C)CC[C@H](O)C(C)(C)C5CC[C@]43C)C12. The third-order valence-electron chi connectivity index (χ3n) is 18.0. The summed E-state index contributed by atoms with van der Waals surface area (Å²) in [5.74, 6) is 2.31. The fourth-order valence-electron chi connectivity index (χ4n) is 14.8. The highest BCUT2D eigenvalue weighted by Gasteiger charge is 2.71. The molecule has 10 atom stereocenters. The van der Waals surface area contributed by atoms with Crippen LogP contribution in [-0.2, 0) is 20.7 Å². The van der Waals surface area contributed by atoms with Crippen molar-refractivity contribution in [1.82, 2.24) is 10.6 Å². The van der Waals surface area contributed by atoms with E-state index >= 15 is 0 Å². The number of amides is 2. The van der Waals surface area contributed by atoms with Gasteiger partial charge in [-0.2, -0.15) is 0 Å². The van der Waals surface area contributed by atoms with Gasteiger partial charge in [-0.05, 0) is 172 Å². The lowest BCUT2D eigenvalue weighted by Gasteiger charge is -2.72. The standard InChI is InChI=1S/C47H70N2O5/c1-29(2)34-18-24-47(42(53)48-27-21-30-10-9-11-32(28-30)40(51)49-33-14-12-31(13-15-33)41(52)54-8)26-25-45(6)35(39(34)47)16-17-37-44(5)22-20-38(50)43(3,4)36(44)19-23-46(37,45)7/h9-11,28,31,33-39,50H,1,12-27H2,2-8H3,(H,48,53)(H,49,51)/t31?,33?,34-,35?,36?,37?,38-,39?,44-,45+,46+,47-/m0/s1. The van der Waals surface area contributed by atoms with Crippen LogP contribution < -0.4 is 10.6 Å². The second kappa shape index (κ2) is 14.4. The number of methoxy groups -OCH3 is 1. The Morgan fingerprint density at radius 1 is 0.852 bits per heavy atom. The van der Waals surface area contributed by atoms with Gasteiger partial charge >= 0.3 is 5.97 Å². The number of rotatable bonds is 8. The second-order valence-corrected chi connectivity index (χ2v) is 20.5. The molecular weight excluding hydrogens is 673 g/mol. The summed E-state index contributed by atoms with van der Waals surface area (Å²) in [5.41, 5.74) is 3.14. The van der Waals surface area contributed by atoms with E-state index in [0.29, 0.717) is 48.1 Å². The van der Waals surface area contributed by atoms with Crippen LogP contribution in [0.1, 0.15) is 147 Å². The van der Waals surface area contributed by atoms with Gasteiger partial charge in [-0.3, -0.25) is 14.4 Å². The zero-order valence-electron chi connectivity index (χ0n) is 34.5. The molecule has 0 aromatic heterocycles. The van der Waals surface area contributed by atoms with Crippen molar-refractivity contribution in [3.8, 4) is 0 Å². The molecule has 2 amide bonds. The highest BCUT2D eigenvalue weighted by atomic mass is 16.5. The number of aliphatic hydroxyl groups is 1. The maximum Gasteiger partial charge on any atom is 0.308 e. The van der Waals surface area contributed by atoms with Crippen molar-refractivity contribution in [1.29, 1.82) is 0 Å². The van der Waals surface area contributed by atoms with Crippen LogP contribution in [0.25, 0.3) is 0 Å². The quantitative estimate of drug-likeness (QED) is 0.183. The maximum atomic E-state index is 14.7. The molecule has 4 unspecified atom stereocenters. The van der Waals surface area contributed by atoms with Crippen LogP contribution in [0.2, 0.25) is 0 Å². The van der Waals surface area contributed by atoms with Gasteiger partial charge in [0.25, 0.3) is 5.91 Å². The predicted octanol–water partition coefficient (Wildman–Crippen LogP) is 8.83. The molecule has 0 spiro atoms. The smallest absolute Gasteiger partial charge is 0.308 e. The summed E-state index contributed by atoms with van der Waals surface area (Å²) in [4.78, 5) is 39.8. The molecule has 54 heavy (non-hydrogen) atoms. The van der Waals surface area contributed by atoms with Crippen LogP contribution in [0.4, 0.5) is 0 Å². The molecule has 1 aromatic carbocycles. The largest absolute Gasteiger partial charge is 0.469 e. The maximum absolute atomic E-state index is 14.7. The molecule has 7 heteroatoms. The minimum atomic E-state index is -0.358. The Morgan fingerprint density at radius 2 is 1.59 bits per heavy atom. The van der Waals surface area contributed by atoms with E-state index in [2.05, 4.69) is 58.8 Å². The van der Waals surface area contributed by atoms with E-state index in [1.165, 1.54) is 38.4 Å². The number of esters is 1. The van der Waals surface area contributed by atoms with Gasteiger partial charge in [-0.25, -0.2) is 0 Å². The summed E-state index contributed by atoms with van der Waals surface area (Å²) in [6, 6.07) is 7.87. The fraction of sp³-hybridized carbons (Fsp3) is 0.766. The van der Waals surface area contributed by atoms with Gasteiger partial charge in [0.15, 0.2) is 0 Å². The molecule has 6 saturated carbocycles. The van der Waals surface area contributed by atoms with E-state index < -0.39 is 0 Å². The van der Waals surface area contributed by atoms with Crippen LogP contribution in [-0.4, -0.2) is 48.7 Å². The molecule has 7 rings (SSSR count). The average molecular weight is 743 g/mol. The van der Waals surface area contributed by atoms with Crippen molar-refractivity contribution in [2.75, 3.05) is 13.7 Å². The Bertz CT molecular complexity index is 1630. The molecule has 6 aliphatic carbocycles. The molecule has 6 aliphatic rings. The number of hydrogen-bond donors (Lipinski definition) is 3. The van der Waals surface area contributed by atoms with Crippen LogP contribution in [0, 0.1) is 62.6 Å². The Morgan fingerprint density at radius 3 is 2.30 bits per heavy atom. The number of benzene rings is 1. The number of carbonyl (C=O) groups is 3. The first-order chi connectivity index (χ1) is 25.5. The van der Waals surface area contributed by atoms with E-state index in [1.54, 1.807) is 0 Å². The zero-order chi connectivity index (χ0) is 38.8. The van der Waals surface area contributed by atoms with Crippen molar-refractivity contribution in [2.24, 2.45) is 62.6 Å². The van der Waals surface area contributed by atoms with Crippen molar-refractivity contribution in [2.45, 2.75) is 150 Å². The molecular formula is C47H70N2O5. The van der Waals surface area contributed by atoms with E-state index in [9.17, 15) is 19.5 Å². The second-order valence-electron chi connectivity index (χ2n) is 20.5. The molecule has 0 radical (unpaired) electrons. The average Bonchev–Trinajstić information content (AvgIpc) is 3.55. The molecule has 0 aliphatic heterocycles. The third-order valence-corrected chi connectivity index (χ3v) is 18.0. The first-order valence-electron chi connectivity index (χ1n) is 21.6. The fourth-order valence-corrected chi connectivity index (χ4v) is 14.8. The lowest BCUT2D eigenvalue weighted by molar-refractivity contribution is -0.246. The number of hydrogen-bond acceptors (Lipinski definition) is 5. The van der Waals surface area contributed by atoms with Crippen LogP contribution >= 0.6 is 0 Å². The van der Waals surface area contributed by atoms with Crippen LogP contribution in [0.5, 0.6) is 0 Å². The van der Waals surface area contributed by atoms with Crippen molar-refractivity contribution < 1.29 is 24.2 Å². The lowest BCUT2D eigenvalue weighted by Crippen LogP contribution is -2.67. The molecule has 6 fully saturated rings. The molecule has 0 saturated heterocycles. The summed E-state index contributed by atoms with van der Waals surface area (Å²) < 4.78 is 4.91. The normalized spacial score (nSPS) is 42.3. The molecule has 3 N–H and O–H groups in total. The zero-order valence-corrected chi connectivity index (χ0v) is 34.5. The number of ether oxygens (including phenoxy) is 1. The molecule has 7 nitrogen and oxygen atoms in total. The van der Waals surface area contributed by atoms with Gasteiger partial charge in [-0.15, -0.1) is 0 Å². The number of aliphatic hydroxyl groups excluding tert-OH is 1. The predicted molar refractivity (Wildman–Crippen MR) is 213 cm³/mol. The molecule has 1 aromatic rings. The first-order valence-corrected chi connectivity index (χ1v) is 21.6. The number of fused-ring (bicyclic) bond motifs is 7. The van der Waals surface area contributed by atoms with E-state index in [-0.39, 0.29) is 62.9 Å². The van der Waals surface area contributed by atoms with Gasteiger partial charge in [0.05, 0.1) is 24.5 Å². The Balaban J connectivity index is 1.03. The number of allylic oxidation sites excluding steroid dienone is 1. The summed E-state index contributed by atoms with van der Waals surface area (Å²) in [5, 5.41) is 17.8. The topological polar surface area (TPSA) is 105 Å². The Kier molecular flexibility index (Phi) is 10.5. The van der Waals surface area contributed by atoms with E-state index in [1.807, 2.05) is 24.3 Å². The minimum absolute atomic E-state index is 0.0522. The minimum Gasteiger partial charge on any atom is -0.469 e. The number of carbonyl (C=O) groups excluding carboxylic acids is 3. The van der Waals surface area contributed by atoms with Gasteiger partial charge < -0.3 is 20.5 Å². The summed E-state index contributed by atoms with van der Waals surface area (Å²) in [6.45, 7) is 19.8. The Labute approximate surface area is 325 Å². The molecule has 298 valence electrons. The highest BCUT2D eigenvalue weighted by Crippen LogP contribution is 2.77. The van der Waals surface area contributed by atoms with Crippen molar-refractivity contribution in [3.63, 3.8) is 0 Å².